The van der Waals surface area contributed by atoms with Gasteiger partial charge in [0.2, 0.25) is 0 Å². The van der Waals surface area contributed by atoms with Crippen molar-refractivity contribution < 1.29 is 9.47 Å². The Morgan fingerprint density at radius 1 is 1.56 bits per heavy atom. The number of anilines is 1. The summed E-state index contributed by atoms with van der Waals surface area (Å²) in [5.41, 5.74) is 0.444. The molecule has 18 heavy (non-hydrogen) atoms. The molecule has 0 spiro atoms. The van der Waals surface area contributed by atoms with Crippen LogP contribution >= 0.6 is 11.6 Å². The van der Waals surface area contributed by atoms with Crippen molar-refractivity contribution in [3.8, 4) is 6.07 Å². The quantitative estimate of drug-likeness (QED) is 0.906. The lowest BCUT2D eigenvalue weighted by atomic mass is 10.2. The number of aromatic nitrogens is 1. The summed E-state index contributed by atoms with van der Waals surface area (Å²) in [5.74, 6) is 0.0452. The van der Waals surface area contributed by atoms with Crippen LogP contribution in [0, 0.1) is 11.3 Å². The third-order valence-corrected chi connectivity index (χ3v) is 3.03. The van der Waals surface area contributed by atoms with Crippen LogP contribution in [0.4, 0.5) is 5.82 Å². The van der Waals surface area contributed by atoms with Crippen LogP contribution in [-0.2, 0) is 9.47 Å². The lowest BCUT2D eigenvalue weighted by Crippen LogP contribution is -2.28. The van der Waals surface area contributed by atoms with Gasteiger partial charge in [-0.05, 0) is 13.0 Å². The third kappa shape index (κ3) is 3.10. The van der Waals surface area contributed by atoms with Crippen molar-refractivity contribution in [2.24, 2.45) is 0 Å². The molecule has 0 unspecified atom stereocenters. The fourth-order valence-electron chi connectivity index (χ4n) is 1.74. The van der Waals surface area contributed by atoms with Crippen LogP contribution in [0.1, 0.15) is 18.9 Å². The molecule has 0 atom stereocenters. The van der Waals surface area contributed by atoms with Crippen LogP contribution in [-0.4, -0.2) is 30.5 Å². The second-order valence-electron chi connectivity index (χ2n) is 4.17. The third-order valence-electron chi connectivity index (χ3n) is 2.74. The lowest BCUT2D eigenvalue weighted by molar-refractivity contribution is -0.144. The van der Waals surface area contributed by atoms with Crippen molar-refractivity contribution in [1.29, 1.82) is 5.26 Å². The molecule has 0 aliphatic carbocycles. The van der Waals surface area contributed by atoms with Crippen molar-refractivity contribution in [2.75, 3.05) is 25.1 Å². The molecule has 1 aromatic heterocycles. The summed E-state index contributed by atoms with van der Waals surface area (Å²) in [5, 5.41) is 12.2. The maximum Gasteiger partial charge on any atom is 0.167 e. The number of ether oxygens (including phenoxy) is 2. The van der Waals surface area contributed by atoms with E-state index in [-0.39, 0.29) is 0 Å². The monoisotopic (exact) mass is 267 g/mol. The summed E-state index contributed by atoms with van der Waals surface area (Å²) in [6.07, 6.45) is 2.18. The zero-order chi connectivity index (χ0) is 13.0. The van der Waals surface area contributed by atoms with Gasteiger partial charge in [0.15, 0.2) is 5.79 Å². The van der Waals surface area contributed by atoms with Gasteiger partial charge in [-0.1, -0.05) is 11.6 Å². The Balaban J connectivity index is 1.89. The zero-order valence-electron chi connectivity index (χ0n) is 10.1. The van der Waals surface area contributed by atoms with Gasteiger partial charge in [-0.2, -0.15) is 5.26 Å². The summed E-state index contributed by atoms with van der Waals surface area (Å²) in [4.78, 5) is 4.09. The van der Waals surface area contributed by atoms with Gasteiger partial charge in [-0.3, -0.25) is 0 Å². The Bertz CT molecular complexity index is 467. The lowest BCUT2D eigenvalue weighted by Gasteiger charge is -2.22. The smallest absolute Gasteiger partial charge is 0.167 e. The van der Waals surface area contributed by atoms with Crippen molar-refractivity contribution >= 4 is 17.4 Å². The number of pyridine rings is 1. The second-order valence-corrected chi connectivity index (χ2v) is 4.58. The Labute approximate surface area is 111 Å². The second kappa shape index (κ2) is 5.53. The van der Waals surface area contributed by atoms with Gasteiger partial charge in [0.05, 0.1) is 23.8 Å². The normalized spacial score (nSPS) is 17.4. The molecule has 1 saturated heterocycles. The summed E-state index contributed by atoms with van der Waals surface area (Å²) in [6.45, 7) is 3.81. The molecule has 0 saturated carbocycles. The molecule has 5 nitrogen and oxygen atoms in total. The number of hydrogen-bond donors (Lipinski definition) is 1. The van der Waals surface area contributed by atoms with Crippen LogP contribution in [0.15, 0.2) is 12.3 Å². The van der Waals surface area contributed by atoms with E-state index in [1.54, 1.807) is 6.07 Å². The number of hydrogen-bond acceptors (Lipinski definition) is 5. The highest BCUT2D eigenvalue weighted by atomic mass is 35.5. The van der Waals surface area contributed by atoms with Crippen molar-refractivity contribution in [3.05, 3.63) is 22.8 Å². The van der Waals surface area contributed by atoms with E-state index in [1.165, 1.54) is 6.20 Å². The Hall–Kier alpha value is -1.35. The van der Waals surface area contributed by atoms with Gasteiger partial charge in [0.25, 0.3) is 0 Å². The summed E-state index contributed by atoms with van der Waals surface area (Å²) >= 11 is 6.00. The molecule has 2 heterocycles. The van der Waals surface area contributed by atoms with Gasteiger partial charge in [-0.15, -0.1) is 0 Å². The van der Waals surface area contributed by atoms with E-state index in [0.29, 0.717) is 42.6 Å². The average molecular weight is 268 g/mol. The highest BCUT2D eigenvalue weighted by Gasteiger charge is 2.30. The molecule has 1 aliphatic rings. The predicted molar refractivity (Wildman–Crippen MR) is 67.4 cm³/mol. The minimum atomic E-state index is -0.522. The Morgan fingerprint density at radius 3 is 2.89 bits per heavy atom. The number of nitriles is 1. The van der Waals surface area contributed by atoms with Crippen molar-refractivity contribution in [1.82, 2.24) is 4.98 Å². The summed E-state index contributed by atoms with van der Waals surface area (Å²) in [6, 6.07) is 3.57. The average Bonchev–Trinajstić information content (AvgIpc) is 2.78. The number of halogens is 1. The minimum Gasteiger partial charge on any atom is -0.369 e. The van der Waals surface area contributed by atoms with E-state index in [9.17, 15) is 0 Å². The first-order chi connectivity index (χ1) is 8.63. The summed E-state index contributed by atoms with van der Waals surface area (Å²) < 4.78 is 11.0. The first kappa shape index (κ1) is 13.1. The minimum absolute atomic E-state index is 0.437. The highest BCUT2D eigenvalue weighted by Crippen LogP contribution is 2.24. The van der Waals surface area contributed by atoms with Crippen LogP contribution in [0.5, 0.6) is 0 Å². The molecular weight excluding hydrogens is 254 g/mol. The molecule has 0 amide bonds. The molecule has 1 aliphatic heterocycles. The molecule has 1 fully saturated rings. The van der Waals surface area contributed by atoms with Crippen LogP contribution < -0.4 is 5.32 Å². The largest absolute Gasteiger partial charge is 0.369 e. The van der Waals surface area contributed by atoms with Gasteiger partial charge in [0.1, 0.15) is 11.9 Å². The van der Waals surface area contributed by atoms with Gasteiger partial charge in [0, 0.05) is 19.2 Å². The van der Waals surface area contributed by atoms with Gasteiger partial charge >= 0.3 is 0 Å². The first-order valence-corrected chi connectivity index (χ1v) is 6.08. The molecule has 2 rings (SSSR count). The Morgan fingerprint density at radius 2 is 2.28 bits per heavy atom. The molecular formula is C12H14ClN3O2. The number of nitrogens with one attached hydrogen (secondary N) is 1. The van der Waals surface area contributed by atoms with Crippen molar-refractivity contribution in [2.45, 2.75) is 19.1 Å². The molecule has 96 valence electrons. The van der Waals surface area contributed by atoms with Crippen molar-refractivity contribution in [3.63, 3.8) is 0 Å². The molecule has 0 bridgehead atoms. The fraction of sp³-hybridized carbons (Fsp3) is 0.500. The van der Waals surface area contributed by atoms with E-state index < -0.39 is 5.79 Å². The standard InChI is InChI=1S/C12H14ClN3O2/c1-12(17-4-5-18-12)2-3-15-11-10(13)6-9(7-14)8-16-11/h6,8H,2-5H2,1H3,(H,15,16). The molecule has 1 aromatic rings. The maximum absolute atomic E-state index is 8.70. The summed E-state index contributed by atoms with van der Waals surface area (Å²) in [7, 11) is 0. The maximum atomic E-state index is 8.70. The highest BCUT2D eigenvalue weighted by molar-refractivity contribution is 6.33. The van der Waals surface area contributed by atoms with Gasteiger partial charge in [-0.25, -0.2) is 4.98 Å². The van der Waals surface area contributed by atoms with E-state index >= 15 is 0 Å². The topological polar surface area (TPSA) is 67.2 Å². The first-order valence-electron chi connectivity index (χ1n) is 5.70. The van der Waals surface area contributed by atoms with Crippen LogP contribution in [0.3, 0.4) is 0 Å². The Kier molecular flexibility index (Phi) is 4.02. The van der Waals surface area contributed by atoms with E-state index in [4.69, 9.17) is 26.3 Å². The molecule has 6 heteroatoms. The van der Waals surface area contributed by atoms with E-state index in [2.05, 4.69) is 10.3 Å². The van der Waals surface area contributed by atoms with Crippen LogP contribution in [0.25, 0.3) is 0 Å². The number of rotatable bonds is 4. The SMILES string of the molecule is CC1(CCNc2ncc(C#N)cc2Cl)OCCO1. The van der Waals surface area contributed by atoms with Crippen LogP contribution in [0.2, 0.25) is 5.02 Å². The predicted octanol–water partition coefficient (Wildman–Crippen LogP) is 2.17. The molecule has 0 radical (unpaired) electrons. The zero-order valence-corrected chi connectivity index (χ0v) is 10.8. The van der Waals surface area contributed by atoms with Gasteiger partial charge < -0.3 is 14.8 Å². The fourth-order valence-corrected chi connectivity index (χ4v) is 1.97. The molecule has 0 aromatic carbocycles. The van der Waals surface area contributed by atoms with E-state index in [1.807, 2.05) is 13.0 Å². The molecule has 1 N–H and O–H groups in total. The number of nitrogens with zero attached hydrogens (tertiary/aromatic N) is 2. The van der Waals surface area contributed by atoms with E-state index in [0.717, 1.165) is 0 Å².